The number of likely N-dealkylation sites (tertiary alicyclic amines) is 1. The largest absolute Gasteiger partial charge is 0.374 e. The molecule has 1 saturated carbocycles. The van der Waals surface area contributed by atoms with Gasteiger partial charge in [0.25, 0.3) is 0 Å². The molecule has 1 unspecified atom stereocenters. The van der Waals surface area contributed by atoms with Crippen LogP contribution < -0.4 is 0 Å². The maximum Gasteiger partial charge on any atom is 0.227 e. The molecule has 0 aromatic rings. The van der Waals surface area contributed by atoms with E-state index in [1.807, 2.05) is 0 Å². The number of hydrogen-bond acceptors (Lipinski definition) is 2. The fraction of sp³-hybridized carbons (Fsp3) is 0.875. The normalized spacial score (nSPS) is 31.0. The highest BCUT2D eigenvalue weighted by Gasteiger charge is 2.37. The maximum atomic E-state index is 11.4. The summed E-state index contributed by atoms with van der Waals surface area (Å²) >= 11 is 0. The fourth-order valence-electron chi connectivity index (χ4n) is 1.57. The van der Waals surface area contributed by atoms with Crippen LogP contribution >= 0.6 is 0 Å². The number of carbonyl (C=O) groups is 1. The van der Waals surface area contributed by atoms with Gasteiger partial charge in [-0.1, -0.05) is 0 Å². The van der Waals surface area contributed by atoms with Gasteiger partial charge in [-0.05, 0) is 25.7 Å². The molecule has 2 fully saturated rings. The molecule has 3 heteroatoms. The molecule has 1 saturated heterocycles. The van der Waals surface area contributed by atoms with Crippen molar-refractivity contribution in [3.05, 3.63) is 0 Å². The molecular weight excluding hydrogens is 142 g/mol. The predicted octanol–water partition coefficient (Wildman–Crippen LogP) is 0.337. The van der Waals surface area contributed by atoms with E-state index < -0.39 is 6.23 Å². The molecule has 11 heavy (non-hydrogen) atoms. The highest BCUT2D eigenvalue weighted by atomic mass is 16.3. The predicted molar refractivity (Wildman–Crippen MR) is 39.7 cm³/mol. The van der Waals surface area contributed by atoms with Crippen molar-refractivity contribution in [2.75, 3.05) is 6.54 Å². The van der Waals surface area contributed by atoms with Gasteiger partial charge in [0.2, 0.25) is 5.91 Å². The van der Waals surface area contributed by atoms with E-state index in [1.165, 1.54) is 0 Å². The van der Waals surface area contributed by atoms with Crippen LogP contribution in [0.2, 0.25) is 0 Å². The zero-order chi connectivity index (χ0) is 7.84. The number of amides is 1. The van der Waals surface area contributed by atoms with Crippen LogP contribution in [-0.2, 0) is 4.79 Å². The quantitative estimate of drug-likeness (QED) is 0.593. The van der Waals surface area contributed by atoms with Crippen LogP contribution in [0.5, 0.6) is 0 Å². The Morgan fingerprint density at radius 1 is 1.36 bits per heavy atom. The third-order valence-electron chi connectivity index (χ3n) is 2.43. The Labute approximate surface area is 66.0 Å². The summed E-state index contributed by atoms with van der Waals surface area (Å²) in [6, 6.07) is 0. The Hall–Kier alpha value is -0.570. The van der Waals surface area contributed by atoms with Crippen LogP contribution in [-0.4, -0.2) is 28.7 Å². The number of hydrogen-bond donors (Lipinski definition) is 1. The van der Waals surface area contributed by atoms with Gasteiger partial charge >= 0.3 is 0 Å². The number of carbonyl (C=O) groups excluding carboxylic acids is 1. The lowest BCUT2D eigenvalue weighted by molar-refractivity contribution is -0.139. The van der Waals surface area contributed by atoms with E-state index in [9.17, 15) is 9.90 Å². The Morgan fingerprint density at radius 2 is 2.09 bits per heavy atom. The second kappa shape index (κ2) is 2.48. The van der Waals surface area contributed by atoms with Crippen molar-refractivity contribution in [2.45, 2.75) is 31.9 Å². The van der Waals surface area contributed by atoms with Crippen molar-refractivity contribution < 1.29 is 9.90 Å². The summed E-state index contributed by atoms with van der Waals surface area (Å²) in [6.07, 6.45) is 3.30. The van der Waals surface area contributed by atoms with Crippen molar-refractivity contribution in [3.63, 3.8) is 0 Å². The third kappa shape index (κ3) is 1.25. The van der Waals surface area contributed by atoms with E-state index in [-0.39, 0.29) is 11.8 Å². The van der Waals surface area contributed by atoms with Crippen LogP contribution in [0.15, 0.2) is 0 Å². The van der Waals surface area contributed by atoms with Gasteiger partial charge in [-0.2, -0.15) is 0 Å². The van der Waals surface area contributed by atoms with Crippen molar-refractivity contribution in [3.8, 4) is 0 Å². The molecule has 2 rings (SSSR count). The van der Waals surface area contributed by atoms with Gasteiger partial charge in [-0.3, -0.25) is 4.79 Å². The molecule has 1 amide bonds. The van der Waals surface area contributed by atoms with Crippen molar-refractivity contribution in [2.24, 2.45) is 5.92 Å². The van der Waals surface area contributed by atoms with Gasteiger partial charge in [0, 0.05) is 12.5 Å². The average Bonchev–Trinajstić information content (AvgIpc) is 2.74. The maximum absolute atomic E-state index is 11.4. The molecule has 0 bridgehead atoms. The summed E-state index contributed by atoms with van der Waals surface area (Å²) < 4.78 is 0. The first kappa shape index (κ1) is 7.10. The summed E-state index contributed by atoms with van der Waals surface area (Å²) in [4.78, 5) is 13.0. The Kier molecular flexibility index (Phi) is 1.60. The minimum Gasteiger partial charge on any atom is -0.374 e. The highest BCUT2D eigenvalue weighted by Crippen LogP contribution is 2.33. The zero-order valence-corrected chi connectivity index (χ0v) is 6.49. The molecule has 62 valence electrons. The summed E-state index contributed by atoms with van der Waals surface area (Å²) in [5, 5.41) is 9.34. The Morgan fingerprint density at radius 3 is 2.55 bits per heavy atom. The van der Waals surface area contributed by atoms with Crippen LogP contribution in [0.4, 0.5) is 0 Å². The summed E-state index contributed by atoms with van der Waals surface area (Å²) in [5.74, 6) is 0.428. The Bertz CT molecular complexity index is 177. The van der Waals surface area contributed by atoms with Crippen molar-refractivity contribution in [1.82, 2.24) is 4.90 Å². The van der Waals surface area contributed by atoms with Gasteiger partial charge in [0.15, 0.2) is 0 Å². The van der Waals surface area contributed by atoms with E-state index in [0.29, 0.717) is 0 Å². The van der Waals surface area contributed by atoms with Crippen molar-refractivity contribution in [1.29, 1.82) is 0 Å². The van der Waals surface area contributed by atoms with E-state index >= 15 is 0 Å². The molecule has 0 aromatic carbocycles. The number of rotatable bonds is 1. The molecule has 3 nitrogen and oxygen atoms in total. The molecule has 0 spiro atoms. The summed E-state index contributed by atoms with van der Waals surface area (Å²) in [7, 11) is 0. The summed E-state index contributed by atoms with van der Waals surface area (Å²) in [5.41, 5.74) is 0. The monoisotopic (exact) mass is 155 g/mol. The Balaban J connectivity index is 1.96. The first-order valence-corrected chi connectivity index (χ1v) is 4.27. The van der Waals surface area contributed by atoms with Gasteiger partial charge in [0.1, 0.15) is 6.23 Å². The second-order valence-electron chi connectivity index (χ2n) is 3.43. The van der Waals surface area contributed by atoms with Gasteiger partial charge in [-0.25, -0.2) is 0 Å². The van der Waals surface area contributed by atoms with E-state index in [1.54, 1.807) is 4.90 Å². The first-order valence-electron chi connectivity index (χ1n) is 4.27. The number of aliphatic hydroxyl groups excluding tert-OH is 1. The van der Waals surface area contributed by atoms with Gasteiger partial charge in [0.05, 0.1) is 0 Å². The third-order valence-corrected chi connectivity index (χ3v) is 2.43. The minimum absolute atomic E-state index is 0.176. The van der Waals surface area contributed by atoms with E-state index in [0.717, 1.165) is 32.2 Å². The van der Waals surface area contributed by atoms with Crippen LogP contribution in [0.1, 0.15) is 25.7 Å². The smallest absolute Gasteiger partial charge is 0.227 e. The standard InChI is InChI=1S/C8H13NO2/c10-7-2-1-5-9(7)8(11)6-3-4-6/h6-7,10H,1-5H2. The van der Waals surface area contributed by atoms with Gasteiger partial charge < -0.3 is 10.0 Å². The first-order chi connectivity index (χ1) is 5.29. The SMILES string of the molecule is O=C(C1CC1)N1CCCC1O. The lowest BCUT2D eigenvalue weighted by Crippen LogP contribution is -2.36. The van der Waals surface area contributed by atoms with Crippen LogP contribution in [0.25, 0.3) is 0 Å². The van der Waals surface area contributed by atoms with Gasteiger partial charge in [-0.15, -0.1) is 0 Å². The van der Waals surface area contributed by atoms with E-state index in [2.05, 4.69) is 0 Å². The molecule has 1 N–H and O–H groups in total. The molecule has 2 aliphatic rings. The second-order valence-corrected chi connectivity index (χ2v) is 3.43. The highest BCUT2D eigenvalue weighted by molar-refractivity contribution is 5.81. The molecule has 1 aliphatic heterocycles. The minimum atomic E-state index is -0.483. The molecule has 0 radical (unpaired) electrons. The fourth-order valence-corrected chi connectivity index (χ4v) is 1.57. The lowest BCUT2D eigenvalue weighted by atomic mass is 10.3. The van der Waals surface area contributed by atoms with Crippen LogP contribution in [0, 0.1) is 5.92 Å². The summed E-state index contributed by atoms with van der Waals surface area (Å²) in [6.45, 7) is 0.760. The van der Waals surface area contributed by atoms with Crippen LogP contribution in [0.3, 0.4) is 0 Å². The number of aliphatic hydroxyl groups is 1. The van der Waals surface area contributed by atoms with Crippen molar-refractivity contribution >= 4 is 5.91 Å². The molecule has 1 aliphatic carbocycles. The molecule has 1 atom stereocenters. The van der Waals surface area contributed by atoms with E-state index in [4.69, 9.17) is 0 Å². The topological polar surface area (TPSA) is 40.5 Å². The molecule has 1 heterocycles. The molecule has 0 aromatic heterocycles. The number of nitrogens with zero attached hydrogens (tertiary/aromatic N) is 1. The zero-order valence-electron chi connectivity index (χ0n) is 6.49. The average molecular weight is 155 g/mol. The molecular formula is C8H13NO2. The lowest BCUT2D eigenvalue weighted by Gasteiger charge is -2.19.